The Kier molecular flexibility index (Phi) is 5.85. The molecule has 25 heavy (non-hydrogen) atoms. The summed E-state index contributed by atoms with van der Waals surface area (Å²) in [6.45, 7) is 2.35. The molecule has 2 heterocycles. The number of nitrogens with two attached hydrogens (primary N) is 1. The van der Waals surface area contributed by atoms with E-state index in [0.717, 1.165) is 31.0 Å². The quantitative estimate of drug-likeness (QED) is 0.769. The Bertz CT molecular complexity index is 653. The molecule has 1 unspecified atom stereocenters. The van der Waals surface area contributed by atoms with E-state index in [4.69, 9.17) is 22.7 Å². The Labute approximate surface area is 155 Å². The van der Waals surface area contributed by atoms with Gasteiger partial charge in [0.05, 0.1) is 24.5 Å². The lowest BCUT2D eigenvalue weighted by Gasteiger charge is -2.24. The van der Waals surface area contributed by atoms with Gasteiger partial charge in [0.2, 0.25) is 0 Å². The summed E-state index contributed by atoms with van der Waals surface area (Å²) in [6.07, 6.45) is 0.176. The molecule has 0 aromatic heterocycles. The van der Waals surface area contributed by atoms with Crippen LogP contribution in [0.1, 0.15) is 6.42 Å². The Balaban J connectivity index is 1.69. The first kappa shape index (κ1) is 18.1. The molecule has 1 aromatic carbocycles. The highest BCUT2D eigenvalue weighted by Crippen LogP contribution is 2.29. The number of anilines is 2. The van der Waals surface area contributed by atoms with Crippen LogP contribution in [0.25, 0.3) is 0 Å². The summed E-state index contributed by atoms with van der Waals surface area (Å²) in [4.78, 5) is 15.5. The third kappa shape index (κ3) is 4.46. The molecule has 1 aromatic rings. The van der Waals surface area contributed by atoms with E-state index in [1.807, 2.05) is 11.8 Å². The van der Waals surface area contributed by atoms with Crippen molar-refractivity contribution in [3.63, 3.8) is 0 Å². The summed E-state index contributed by atoms with van der Waals surface area (Å²) >= 11 is 6.64. The molecule has 0 aliphatic carbocycles. The van der Waals surface area contributed by atoms with Crippen LogP contribution in [-0.4, -0.2) is 55.0 Å². The zero-order valence-corrected chi connectivity index (χ0v) is 15.4. The summed E-state index contributed by atoms with van der Waals surface area (Å²) in [5.74, 6) is 1.79. The average molecular weight is 385 g/mol. The number of rotatable bonds is 4. The lowest BCUT2D eigenvalue weighted by molar-refractivity contribution is 0.143. The fraction of sp³-hybridized carbons (Fsp3) is 0.500. The number of amides is 1. The summed E-state index contributed by atoms with van der Waals surface area (Å²) in [7, 11) is 0. The molecule has 0 spiro atoms. The Morgan fingerprint density at radius 2 is 2.28 bits per heavy atom. The molecule has 0 bridgehead atoms. The number of cyclic esters (lactones) is 1. The number of carbonyl (C=O) groups is 1. The number of carbonyl (C=O) groups excluding carboxylic acids is 1. The van der Waals surface area contributed by atoms with Gasteiger partial charge in [-0.05, 0) is 42.6 Å². The second-order valence-corrected chi connectivity index (χ2v) is 7.61. The normalized spacial score (nSPS) is 21.0. The first-order chi connectivity index (χ1) is 12.0. The molecular weight excluding hydrogens is 363 g/mol. The van der Waals surface area contributed by atoms with Gasteiger partial charge in [0, 0.05) is 18.8 Å². The topological polar surface area (TPSA) is 70.8 Å². The average Bonchev–Trinajstić information content (AvgIpc) is 2.78. The smallest absolute Gasteiger partial charge is 0.414 e. The highest BCUT2D eigenvalue weighted by atomic mass is 32.2. The molecule has 1 amide bonds. The van der Waals surface area contributed by atoms with Crippen molar-refractivity contribution in [3.8, 4) is 0 Å². The van der Waals surface area contributed by atoms with Crippen LogP contribution in [0.5, 0.6) is 0 Å². The Hall–Kier alpha value is -1.74. The van der Waals surface area contributed by atoms with Gasteiger partial charge in [0.15, 0.2) is 5.11 Å². The van der Waals surface area contributed by atoms with Crippen molar-refractivity contribution in [2.75, 3.05) is 47.5 Å². The molecule has 0 saturated carbocycles. The van der Waals surface area contributed by atoms with Crippen molar-refractivity contribution in [2.24, 2.45) is 5.73 Å². The lowest BCUT2D eigenvalue weighted by atomic mass is 10.2. The van der Waals surface area contributed by atoms with Crippen molar-refractivity contribution in [2.45, 2.75) is 12.5 Å². The highest BCUT2D eigenvalue weighted by molar-refractivity contribution is 7.99. The van der Waals surface area contributed by atoms with Crippen molar-refractivity contribution in [3.05, 3.63) is 24.0 Å². The number of benzene rings is 1. The molecule has 136 valence electrons. The molecule has 2 aliphatic heterocycles. The summed E-state index contributed by atoms with van der Waals surface area (Å²) in [5.41, 5.74) is 6.46. The minimum absolute atomic E-state index is 0.153. The van der Waals surface area contributed by atoms with Gasteiger partial charge in [-0.1, -0.05) is 0 Å². The van der Waals surface area contributed by atoms with Gasteiger partial charge < -0.3 is 20.7 Å². The van der Waals surface area contributed by atoms with Crippen molar-refractivity contribution in [1.29, 1.82) is 0 Å². The molecule has 3 rings (SSSR count). The van der Waals surface area contributed by atoms with Crippen molar-refractivity contribution < 1.29 is 13.9 Å². The highest BCUT2D eigenvalue weighted by Gasteiger charge is 2.32. The van der Waals surface area contributed by atoms with Gasteiger partial charge in [0.25, 0.3) is 0 Å². The maximum atomic E-state index is 14.6. The zero-order chi connectivity index (χ0) is 17.8. The number of hydrogen-bond acceptors (Lipinski definition) is 5. The first-order valence-electron chi connectivity index (χ1n) is 8.18. The predicted octanol–water partition coefficient (Wildman–Crippen LogP) is 1.93. The van der Waals surface area contributed by atoms with Crippen LogP contribution >= 0.6 is 24.0 Å². The SMILES string of the molecule is NC(=S)NCC1CN(c2ccc(N3CCCSCC3)c(F)c2)C(=O)O1. The maximum absolute atomic E-state index is 14.6. The van der Waals surface area contributed by atoms with Crippen LogP contribution in [-0.2, 0) is 4.74 Å². The number of ether oxygens (including phenoxy) is 1. The molecule has 9 heteroatoms. The zero-order valence-electron chi connectivity index (χ0n) is 13.7. The molecular formula is C16H21FN4O2S2. The number of thioether (sulfide) groups is 1. The predicted molar refractivity (Wildman–Crippen MR) is 103 cm³/mol. The van der Waals surface area contributed by atoms with E-state index < -0.39 is 6.09 Å². The van der Waals surface area contributed by atoms with Gasteiger partial charge in [-0.15, -0.1) is 0 Å². The van der Waals surface area contributed by atoms with Gasteiger partial charge in [0.1, 0.15) is 11.9 Å². The summed E-state index contributed by atoms with van der Waals surface area (Å²) in [6, 6.07) is 4.91. The van der Waals surface area contributed by atoms with Gasteiger partial charge in [-0.25, -0.2) is 9.18 Å². The number of halogens is 1. The van der Waals surface area contributed by atoms with Gasteiger partial charge in [-0.2, -0.15) is 11.8 Å². The number of nitrogens with zero attached hydrogens (tertiary/aromatic N) is 2. The maximum Gasteiger partial charge on any atom is 0.414 e. The number of thiocarbonyl (C=S) groups is 1. The number of nitrogens with one attached hydrogen (secondary N) is 1. The fourth-order valence-electron chi connectivity index (χ4n) is 2.96. The standard InChI is InChI=1S/C16H21FN4O2S2/c17-13-8-11(2-3-14(13)20-4-1-6-25-7-5-20)21-10-12(23-16(21)22)9-19-15(18)24/h2-3,8,12H,1,4-7,9-10H2,(H3,18,19,24). The van der Waals surface area contributed by atoms with E-state index in [-0.39, 0.29) is 17.0 Å². The second-order valence-electron chi connectivity index (χ2n) is 5.95. The monoisotopic (exact) mass is 384 g/mol. The van der Waals surface area contributed by atoms with E-state index in [9.17, 15) is 9.18 Å². The van der Waals surface area contributed by atoms with Crippen LogP contribution in [0.2, 0.25) is 0 Å². The third-order valence-corrected chi connectivity index (χ3v) is 5.38. The Morgan fingerprint density at radius 3 is 3.04 bits per heavy atom. The lowest BCUT2D eigenvalue weighted by Crippen LogP contribution is -2.37. The van der Waals surface area contributed by atoms with Crippen LogP contribution in [0.3, 0.4) is 0 Å². The van der Waals surface area contributed by atoms with Gasteiger partial charge >= 0.3 is 6.09 Å². The Morgan fingerprint density at radius 1 is 1.44 bits per heavy atom. The minimum Gasteiger partial charge on any atom is -0.442 e. The molecule has 0 radical (unpaired) electrons. The van der Waals surface area contributed by atoms with E-state index in [1.165, 1.54) is 11.0 Å². The third-order valence-electron chi connectivity index (χ3n) is 4.18. The van der Waals surface area contributed by atoms with Crippen molar-refractivity contribution >= 4 is 46.6 Å². The van der Waals surface area contributed by atoms with Crippen molar-refractivity contribution in [1.82, 2.24) is 5.32 Å². The van der Waals surface area contributed by atoms with Gasteiger partial charge in [-0.3, -0.25) is 4.90 Å². The fourth-order valence-corrected chi connectivity index (χ4v) is 3.93. The molecule has 3 N–H and O–H groups in total. The van der Waals surface area contributed by atoms with E-state index in [2.05, 4.69) is 10.2 Å². The molecule has 2 aliphatic rings. The van der Waals surface area contributed by atoms with E-state index >= 15 is 0 Å². The van der Waals surface area contributed by atoms with Crippen LogP contribution in [0.4, 0.5) is 20.6 Å². The molecule has 1 atom stereocenters. The van der Waals surface area contributed by atoms with Crippen LogP contribution in [0.15, 0.2) is 18.2 Å². The van der Waals surface area contributed by atoms with E-state index in [1.54, 1.807) is 12.1 Å². The molecule has 6 nitrogen and oxygen atoms in total. The van der Waals surface area contributed by atoms with E-state index in [0.29, 0.717) is 24.5 Å². The summed E-state index contributed by atoms with van der Waals surface area (Å²) in [5, 5.41) is 2.93. The van der Waals surface area contributed by atoms with Crippen LogP contribution in [0, 0.1) is 5.82 Å². The summed E-state index contributed by atoms with van der Waals surface area (Å²) < 4.78 is 19.9. The second kappa shape index (κ2) is 8.09. The molecule has 2 saturated heterocycles. The first-order valence-corrected chi connectivity index (χ1v) is 9.74. The molecule has 2 fully saturated rings. The number of hydrogen-bond donors (Lipinski definition) is 2. The largest absolute Gasteiger partial charge is 0.442 e. The minimum atomic E-state index is -0.493. The van der Waals surface area contributed by atoms with Crippen LogP contribution < -0.4 is 20.9 Å².